The Bertz CT molecular complexity index is 1410. The minimum Gasteiger partial charge on any atom is -0.497 e. The highest BCUT2D eigenvalue weighted by molar-refractivity contribution is 6.10. The fourth-order valence-electron chi connectivity index (χ4n) is 3.57. The molecule has 0 atom stereocenters. The number of carbonyl (C=O) groups is 1. The number of ketones is 1. The van der Waals surface area contributed by atoms with E-state index >= 15 is 0 Å². The van der Waals surface area contributed by atoms with Crippen LogP contribution in [0.2, 0.25) is 0 Å². The van der Waals surface area contributed by atoms with Gasteiger partial charge in [0.2, 0.25) is 0 Å². The molecule has 4 rings (SSSR count). The summed E-state index contributed by atoms with van der Waals surface area (Å²) in [6, 6.07) is 11.8. The van der Waals surface area contributed by atoms with Crippen molar-refractivity contribution >= 4 is 16.7 Å². The van der Waals surface area contributed by atoms with E-state index < -0.39 is 11.3 Å². The summed E-state index contributed by atoms with van der Waals surface area (Å²) < 4.78 is 7.91. The summed E-state index contributed by atoms with van der Waals surface area (Å²) in [6.07, 6.45) is 0. The summed E-state index contributed by atoms with van der Waals surface area (Å²) in [5.41, 5.74) is 1.22. The number of nitrogens with zero attached hydrogens (tertiary/aromatic N) is 3. The van der Waals surface area contributed by atoms with Gasteiger partial charge in [0.1, 0.15) is 17.1 Å². The predicted octanol–water partition coefficient (Wildman–Crippen LogP) is 2.27. The summed E-state index contributed by atoms with van der Waals surface area (Å²) in [5, 5.41) is 3.12. The highest BCUT2D eigenvalue weighted by atomic mass is 16.5. The standard InChI is InChI=1S/C22H20N4O4/c1-12-19(22(29)25(3)24-12)20(27)14-5-10-18-17(11-14)21(28)26(13(2)23-18)15-6-8-16(30-4)9-7-15/h5-11,24H,1-4H3. The van der Waals surface area contributed by atoms with Gasteiger partial charge >= 0.3 is 0 Å². The minimum absolute atomic E-state index is 0.0624. The normalized spacial score (nSPS) is 11.1. The monoisotopic (exact) mass is 404 g/mol. The van der Waals surface area contributed by atoms with Gasteiger partial charge in [0.05, 0.1) is 23.7 Å². The van der Waals surface area contributed by atoms with Crippen molar-refractivity contribution in [3.8, 4) is 11.4 Å². The van der Waals surface area contributed by atoms with Gasteiger partial charge in [-0.1, -0.05) is 0 Å². The molecule has 0 unspecified atom stereocenters. The number of ether oxygens (including phenoxy) is 1. The van der Waals surface area contributed by atoms with Gasteiger partial charge in [-0.25, -0.2) is 4.98 Å². The average Bonchev–Trinajstić information content (AvgIpc) is 2.99. The molecule has 1 N–H and O–H groups in total. The molecule has 8 heteroatoms. The van der Waals surface area contributed by atoms with Crippen molar-refractivity contribution in [2.45, 2.75) is 13.8 Å². The maximum Gasteiger partial charge on any atom is 0.277 e. The van der Waals surface area contributed by atoms with E-state index in [4.69, 9.17) is 4.74 Å². The lowest BCUT2D eigenvalue weighted by Gasteiger charge is -2.12. The van der Waals surface area contributed by atoms with Crippen molar-refractivity contribution in [1.82, 2.24) is 19.3 Å². The van der Waals surface area contributed by atoms with E-state index in [9.17, 15) is 14.4 Å². The second kappa shape index (κ2) is 7.14. The lowest BCUT2D eigenvalue weighted by atomic mass is 10.0. The molecular weight excluding hydrogens is 384 g/mol. The molecule has 4 aromatic rings. The summed E-state index contributed by atoms with van der Waals surface area (Å²) in [7, 11) is 3.12. The van der Waals surface area contributed by atoms with Crippen LogP contribution < -0.4 is 15.9 Å². The van der Waals surface area contributed by atoms with Gasteiger partial charge in [-0.05, 0) is 56.3 Å². The summed E-state index contributed by atoms with van der Waals surface area (Å²) in [4.78, 5) is 43.0. The Morgan fingerprint density at radius 1 is 1.03 bits per heavy atom. The van der Waals surface area contributed by atoms with Crippen LogP contribution in [0.25, 0.3) is 16.6 Å². The van der Waals surface area contributed by atoms with Crippen molar-refractivity contribution in [3.05, 3.63) is 85.8 Å². The first kappa shape index (κ1) is 19.4. The van der Waals surface area contributed by atoms with Crippen LogP contribution in [0.15, 0.2) is 52.1 Å². The van der Waals surface area contributed by atoms with Crippen LogP contribution >= 0.6 is 0 Å². The van der Waals surface area contributed by atoms with Gasteiger partial charge in [-0.15, -0.1) is 0 Å². The van der Waals surface area contributed by atoms with Crippen LogP contribution in [-0.4, -0.2) is 32.2 Å². The van der Waals surface area contributed by atoms with Gasteiger partial charge < -0.3 is 4.74 Å². The summed E-state index contributed by atoms with van der Waals surface area (Å²) in [6.45, 7) is 3.41. The number of aryl methyl sites for hydroxylation is 3. The predicted molar refractivity (Wildman–Crippen MR) is 113 cm³/mol. The molecule has 0 bridgehead atoms. The largest absolute Gasteiger partial charge is 0.497 e. The third kappa shape index (κ3) is 3.02. The van der Waals surface area contributed by atoms with Gasteiger partial charge in [0.15, 0.2) is 5.78 Å². The molecule has 0 aliphatic rings. The number of carbonyl (C=O) groups excluding carboxylic acids is 1. The van der Waals surface area contributed by atoms with E-state index in [0.717, 1.165) is 0 Å². The van der Waals surface area contributed by atoms with Crippen molar-refractivity contribution in [2.24, 2.45) is 7.05 Å². The first-order valence-electron chi connectivity index (χ1n) is 9.30. The van der Waals surface area contributed by atoms with Crippen LogP contribution in [-0.2, 0) is 7.05 Å². The topological polar surface area (TPSA) is 99.0 Å². The number of nitrogens with one attached hydrogen (secondary N) is 1. The van der Waals surface area contributed by atoms with E-state index in [1.165, 1.54) is 15.3 Å². The van der Waals surface area contributed by atoms with Crippen LogP contribution in [0.5, 0.6) is 5.75 Å². The van der Waals surface area contributed by atoms with E-state index in [1.807, 2.05) is 0 Å². The lowest BCUT2D eigenvalue weighted by molar-refractivity contribution is 0.103. The van der Waals surface area contributed by atoms with Crippen molar-refractivity contribution < 1.29 is 9.53 Å². The number of hydrogen-bond acceptors (Lipinski definition) is 5. The fraction of sp³-hybridized carbons (Fsp3) is 0.182. The molecule has 0 amide bonds. The van der Waals surface area contributed by atoms with Crippen LogP contribution in [0.3, 0.4) is 0 Å². The molecule has 0 fully saturated rings. The first-order valence-corrected chi connectivity index (χ1v) is 9.30. The Balaban J connectivity index is 1.89. The van der Waals surface area contributed by atoms with Crippen LogP contribution in [0, 0.1) is 13.8 Å². The number of aromatic nitrogens is 4. The van der Waals surface area contributed by atoms with E-state index in [1.54, 1.807) is 64.4 Å². The van der Waals surface area contributed by atoms with Crippen molar-refractivity contribution in [1.29, 1.82) is 0 Å². The van der Waals surface area contributed by atoms with Gasteiger partial charge in [-0.3, -0.25) is 28.7 Å². The third-order valence-corrected chi connectivity index (χ3v) is 5.08. The Morgan fingerprint density at radius 2 is 1.73 bits per heavy atom. The number of rotatable bonds is 4. The number of aromatic amines is 1. The molecule has 2 aromatic heterocycles. The molecular formula is C22H20N4O4. The molecule has 0 aliphatic heterocycles. The Morgan fingerprint density at radius 3 is 2.33 bits per heavy atom. The molecule has 0 spiro atoms. The molecule has 0 saturated carbocycles. The number of methoxy groups -OCH3 is 1. The first-order chi connectivity index (χ1) is 14.3. The zero-order chi connectivity index (χ0) is 21.6. The maximum absolute atomic E-state index is 13.3. The van der Waals surface area contributed by atoms with E-state index in [2.05, 4.69) is 10.1 Å². The molecule has 0 radical (unpaired) electrons. The number of fused-ring (bicyclic) bond motifs is 1. The van der Waals surface area contributed by atoms with E-state index in [0.29, 0.717) is 33.9 Å². The summed E-state index contributed by atoms with van der Waals surface area (Å²) >= 11 is 0. The van der Waals surface area contributed by atoms with Crippen molar-refractivity contribution in [2.75, 3.05) is 7.11 Å². The van der Waals surface area contributed by atoms with Gasteiger partial charge in [0.25, 0.3) is 11.1 Å². The minimum atomic E-state index is -0.438. The SMILES string of the molecule is COc1ccc(-n2c(C)nc3ccc(C(=O)c4c(C)[nH]n(C)c4=O)cc3c2=O)cc1. The molecule has 2 heterocycles. The summed E-state index contributed by atoms with van der Waals surface area (Å²) in [5.74, 6) is 0.758. The number of hydrogen-bond donors (Lipinski definition) is 1. The Labute approximate surface area is 171 Å². The maximum atomic E-state index is 13.3. The van der Waals surface area contributed by atoms with Crippen LogP contribution in [0.4, 0.5) is 0 Å². The highest BCUT2D eigenvalue weighted by Gasteiger charge is 2.20. The molecule has 2 aromatic carbocycles. The van der Waals surface area contributed by atoms with Gasteiger partial charge in [-0.2, -0.15) is 0 Å². The van der Waals surface area contributed by atoms with Gasteiger partial charge in [0, 0.05) is 18.3 Å². The zero-order valence-electron chi connectivity index (χ0n) is 17.0. The van der Waals surface area contributed by atoms with Crippen molar-refractivity contribution in [3.63, 3.8) is 0 Å². The lowest BCUT2D eigenvalue weighted by Crippen LogP contribution is -2.23. The van der Waals surface area contributed by atoms with Crippen LogP contribution in [0.1, 0.15) is 27.4 Å². The Kier molecular flexibility index (Phi) is 4.62. The molecule has 152 valence electrons. The molecule has 0 saturated heterocycles. The number of benzene rings is 2. The second-order valence-electron chi connectivity index (χ2n) is 7.03. The quantitative estimate of drug-likeness (QED) is 0.526. The molecule has 30 heavy (non-hydrogen) atoms. The number of H-pyrrole nitrogens is 1. The highest BCUT2D eigenvalue weighted by Crippen LogP contribution is 2.18. The van der Waals surface area contributed by atoms with E-state index in [-0.39, 0.29) is 16.7 Å². The average molecular weight is 404 g/mol. The molecule has 8 nitrogen and oxygen atoms in total. The fourth-order valence-corrected chi connectivity index (χ4v) is 3.57. The Hall–Kier alpha value is -3.94. The third-order valence-electron chi connectivity index (χ3n) is 5.08. The zero-order valence-corrected chi connectivity index (χ0v) is 17.0. The second-order valence-corrected chi connectivity index (χ2v) is 7.03. The smallest absolute Gasteiger partial charge is 0.277 e. The molecule has 0 aliphatic carbocycles.